The van der Waals surface area contributed by atoms with E-state index in [4.69, 9.17) is 9.47 Å². The lowest BCUT2D eigenvalue weighted by Crippen LogP contribution is -2.53. The first kappa shape index (κ1) is 18.4. The molecule has 0 fully saturated rings. The number of pyridine rings is 1. The van der Waals surface area contributed by atoms with Crippen LogP contribution in [0.2, 0.25) is 0 Å². The van der Waals surface area contributed by atoms with E-state index in [1.165, 1.54) is 30.5 Å². The molecule has 0 aliphatic heterocycles. The molecule has 0 spiro atoms. The molecule has 7 heteroatoms. The lowest BCUT2D eigenvalue weighted by Gasteiger charge is -2.35. The number of fused-ring (bicyclic) bond motifs is 1. The third-order valence-corrected chi connectivity index (χ3v) is 4.75. The van der Waals surface area contributed by atoms with Crippen LogP contribution in [0, 0.1) is 0 Å². The topological polar surface area (TPSA) is 48.4 Å². The average Bonchev–Trinajstić information content (AvgIpc) is 2.93. The van der Waals surface area contributed by atoms with Crippen molar-refractivity contribution in [2.24, 2.45) is 0 Å². The van der Waals surface area contributed by atoms with Crippen molar-refractivity contribution in [3.63, 3.8) is 0 Å². The molecule has 0 saturated carbocycles. The number of nitrogens with zero attached hydrogens (tertiary/aromatic N) is 1. The number of aryl methyl sites for hydroxylation is 1. The number of methoxy groups -OCH3 is 1. The van der Waals surface area contributed by atoms with Gasteiger partial charge in [-0.25, -0.2) is 4.79 Å². The lowest BCUT2D eigenvalue weighted by molar-refractivity contribution is -0.281. The SMILES string of the molecule is CO[C@](C(=O)O[C@@]1(C)CCc2cccnc21)(c1ccccc1)C(F)(F)F. The molecule has 3 rings (SSSR count). The molecule has 0 saturated heterocycles. The van der Waals surface area contributed by atoms with E-state index in [9.17, 15) is 18.0 Å². The zero-order valence-electron chi connectivity index (χ0n) is 14.3. The maximum absolute atomic E-state index is 14.0. The van der Waals surface area contributed by atoms with E-state index in [1.807, 2.05) is 6.07 Å². The molecule has 0 N–H and O–H groups in total. The van der Waals surface area contributed by atoms with Gasteiger partial charge in [0.2, 0.25) is 0 Å². The molecule has 2 atom stereocenters. The number of aromatic nitrogens is 1. The molecule has 4 nitrogen and oxygen atoms in total. The van der Waals surface area contributed by atoms with Crippen LogP contribution in [-0.4, -0.2) is 24.2 Å². The van der Waals surface area contributed by atoms with E-state index in [-0.39, 0.29) is 5.56 Å². The van der Waals surface area contributed by atoms with Crippen molar-refractivity contribution in [1.82, 2.24) is 4.98 Å². The monoisotopic (exact) mass is 365 g/mol. The summed E-state index contributed by atoms with van der Waals surface area (Å²) in [5.41, 5.74) is -3.43. The molecule has 1 aliphatic rings. The molecule has 26 heavy (non-hydrogen) atoms. The highest BCUT2D eigenvalue weighted by Crippen LogP contribution is 2.46. The van der Waals surface area contributed by atoms with Gasteiger partial charge in [-0.05, 0) is 31.4 Å². The number of rotatable bonds is 4. The van der Waals surface area contributed by atoms with Gasteiger partial charge in [0.1, 0.15) is 0 Å². The first-order valence-corrected chi connectivity index (χ1v) is 8.10. The number of hydrogen-bond acceptors (Lipinski definition) is 4. The maximum Gasteiger partial charge on any atom is 0.432 e. The Morgan fingerprint density at radius 2 is 1.85 bits per heavy atom. The van der Waals surface area contributed by atoms with Crippen LogP contribution in [0.4, 0.5) is 13.2 Å². The largest absolute Gasteiger partial charge is 0.450 e. The average molecular weight is 365 g/mol. The minimum Gasteiger partial charge on any atom is -0.450 e. The molecular weight excluding hydrogens is 347 g/mol. The number of ether oxygens (including phenoxy) is 2. The lowest BCUT2D eigenvalue weighted by atomic mass is 9.92. The highest BCUT2D eigenvalue weighted by atomic mass is 19.4. The predicted molar refractivity (Wildman–Crippen MR) is 87.2 cm³/mol. The van der Waals surface area contributed by atoms with E-state index in [2.05, 4.69) is 4.98 Å². The molecule has 0 unspecified atom stereocenters. The van der Waals surface area contributed by atoms with Crippen molar-refractivity contribution in [2.45, 2.75) is 37.1 Å². The van der Waals surface area contributed by atoms with E-state index >= 15 is 0 Å². The Bertz CT molecular complexity index is 809. The van der Waals surface area contributed by atoms with Gasteiger partial charge in [-0.1, -0.05) is 36.4 Å². The first-order chi connectivity index (χ1) is 12.2. The molecule has 1 aliphatic carbocycles. The summed E-state index contributed by atoms with van der Waals surface area (Å²) in [6, 6.07) is 10.3. The Hall–Kier alpha value is -2.41. The van der Waals surface area contributed by atoms with Crippen LogP contribution in [0.1, 0.15) is 30.2 Å². The maximum atomic E-state index is 14.0. The summed E-state index contributed by atoms with van der Waals surface area (Å²) < 4.78 is 52.1. The molecule has 0 amide bonds. The fourth-order valence-corrected chi connectivity index (χ4v) is 3.37. The van der Waals surface area contributed by atoms with Crippen molar-refractivity contribution in [3.05, 3.63) is 65.5 Å². The van der Waals surface area contributed by atoms with Crippen molar-refractivity contribution in [2.75, 3.05) is 7.11 Å². The van der Waals surface area contributed by atoms with E-state index < -0.39 is 23.3 Å². The van der Waals surface area contributed by atoms with Crippen molar-refractivity contribution in [3.8, 4) is 0 Å². The van der Waals surface area contributed by atoms with Crippen LogP contribution in [0.3, 0.4) is 0 Å². The number of esters is 1. The van der Waals surface area contributed by atoms with Crippen LogP contribution < -0.4 is 0 Å². The minimum absolute atomic E-state index is 0.331. The number of alkyl halides is 3. The van der Waals surface area contributed by atoms with Gasteiger partial charge in [0.15, 0.2) is 5.60 Å². The van der Waals surface area contributed by atoms with Crippen LogP contribution in [0.5, 0.6) is 0 Å². The van der Waals surface area contributed by atoms with Gasteiger partial charge >= 0.3 is 12.1 Å². The zero-order chi connectivity index (χ0) is 19.0. The summed E-state index contributed by atoms with van der Waals surface area (Å²) in [5, 5.41) is 0. The van der Waals surface area contributed by atoms with E-state index in [0.29, 0.717) is 18.5 Å². The summed E-state index contributed by atoms with van der Waals surface area (Å²) >= 11 is 0. The van der Waals surface area contributed by atoms with Crippen LogP contribution >= 0.6 is 0 Å². The smallest absolute Gasteiger partial charge is 0.432 e. The normalized spacial score (nSPS) is 21.7. The Balaban J connectivity index is 2.03. The molecule has 138 valence electrons. The number of carbonyl (C=O) groups is 1. The summed E-state index contributed by atoms with van der Waals surface area (Å²) in [4.78, 5) is 17.0. The highest BCUT2D eigenvalue weighted by Gasteiger charge is 2.65. The van der Waals surface area contributed by atoms with E-state index in [0.717, 1.165) is 12.7 Å². The van der Waals surface area contributed by atoms with Gasteiger partial charge in [-0.3, -0.25) is 4.98 Å². The molecule has 2 aromatic rings. The Morgan fingerprint density at radius 3 is 2.46 bits per heavy atom. The third kappa shape index (κ3) is 2.76. The van der Waals surface area contributed by atoms with Gasteiger partial charge in [0, 0.05) is 18.9 Å². The Kier molecular flexibility index (Phi) is 4.52. The fraction of sp³-hybridized carbons (Fsp3) is 0.368. The second-order valence-electron chi connectivity index (χ2n) is 6.38. The van der Waals surface area contributed by atoms with Gasteiger partial charge < -0.3 is 9.47 Å². The van der Waals surface area contributed by atoms with Gasteiger partial charge in [-0.15, -0.1) is 0 Å². The second kappa shape index (κ2) is 6.39. The van der Waals surface area contributed by atoms with Gasteiger partial charge in [0.05, 0.1) is 5.69 Å². The molecule has 0 bridgehead atoms. The van der Waals surface area contributed by atoms with Crippen molar-refractivity contribution < 1.29 is 27.4 Å². The number of hydrogen-bond donors (Lipinski definition) is 0. The molecule has 1 aromatic carbocycles. The molecule has 0 radical (unpaired) electrons. The van der Waals surface area contributed by atoms with Crippen molar-refractivity contribution >= 4 is 5.97 Å². The predicted octanol–water partition coefficient (Wildman–Crippen LogP) is 3.89. The standard InChI is InChI=1S/C19H18F3NO3/c1-17(11-10-13-7-6-12-23-15(13)17)26-16(24)18(25-2,19(20,21)22)14-8-4-3-5-9-14/h3-9,12H,10-11H2,1-2H3/t17-,18-/m0/s1. The van der Waals surface area contributed by atoms with Gasteiger partial charge in [-0.2, -0.15) is 13.2 Å². The van der Waals surface area contributed by atoms with Crippen LogP contribution in [0.15, 0.2) is 48.7 Å². The molecule has 1 heterocycles. The number of benzene rings is 1. The summed E-state index contributed by atoms with van der Waals surface area (Å²) in [7, 11) is 0.852. The van der Waals surface area contributed by atoms with Crippen molar-refractivity contribution in [1.29, 1.82) is 0 Å². The third-order valence-electron chi connectivity index (χ3n) is 4.75. The number of halogens is 3. The van der Waals surface area contributed by atoms with Crippen LogP contribution in [0.25, 0.3) is 0 Å². The second-order valence-corrected chi connectivity index (χ2v) is 6.38. The highest BCUT2D eigenvalue weighted by molar-refractivity contribution is 5.83. The zero-order valence-corrected chi connectivity index (χ0v) is 14.3. The Labute approximate surface area is 149 Å². The van der Waals surface area contributed by atoms with E-state index in [1.54, 1.807) is 19.1 Å². The summed E-state index contributed by atoms with van der Waals surface area (Å²) in [5.74, 6) is -1.50. The Morgan fingerprint density at radius 1 is 1.15 bits per heavy atom. The first-order valence-electron chi connectivity index (χ1n) is 8.10. The number of carbonyl (C=O) groups excluding carboxylic acids is 1. The summed E-state index contributed by atoms with van der Waals surface area (Å²) in [6.07, 6.45) is -2.54. The summed E-state index contributed by atoms with van der Waals surface area (Å²) in [6.45, 7) is 1.57. The molecular formula is C19H18F3NO3. The molecule has 1 aromatic heterocycles. The fourth-order valence-electron chi connectivity index (χ4n) is 3.37. The quantitative estimate of drug-likeness (QED) is 0.772. The van der Waals surface area contributed by atoms with Crippen LogP contribution in [-0.2, 0) is 31.9 Å². The van der Waals surface area contributed by atoms with Gasteiger partial charge in [0.25, 0.3) is 5.60 Å². The minimum atomic E-state index is -5.00.